The molecule has 0 saturated carbocycles. The average molecular weight is 228 g/mol. The van der Waals surface area contributed by atoms with E-state index in [0.717, 1.165) is 6.08 Å². The summed E-state index contributed by atoms with van der Waals surface area (Å²) in [6.45, 7) is 6.68. The Morgan fingerprint density at radius 2 is 1.75 bits per heavy atom. The Balaban J connectivity index is 4.34. The summed E-state index contributed by atoms with van der Waals surface area (Å²) in [4.78, 5) is 21.9. The van der Waals surface area contributed by atoms with Crippen LogP contribution in [0.3, 0.4) is 0 Å². The SMILES string of the molecule is COC(=O)C=C(C)N=NC(=O)OC(C)(C)C. The van der Waals surface area contributed by atoms with Crippen LogP contribution >= 0.6 is 0 Å². The molecule has 0 bridgehead atoms. The molecule has 0 spiro atoms. The fourth-order valence-electron chi connectivity index (χ4n) is 0.660. The molecule has 6 nitrogen and oxygen atoms in total. The predicted molar refractivity (Wildman–Crippen MR) is 56.9 cm³/mol. The van der Waals surface area contributed by atoms with Crippen molar-refractivity contribution in [3.05, 3.63) is 11.8 Å². The van der Waals surface area contributed by atoms with Crippen molar-refractivity contribution < 1.29 is 19.1 Å². The molecule has 0 rings (SSSR count). The fourth-order valence-corrected chi connectivity index (χ4v) is 0.660. The van der Waals surface area contributed by atoms with E-state index >= 15 is 0 Å². The van der Waals surface area contributed by atoms with Gasteiger partial charge in [0.15, 0.2) is 0 Å². The molecule has 0 N–H and O–H groups in total. The number of hydrogen-bond acceptors (Lipinski definition) is 5. The minimum absolute atomic E-state index is 0.262. The first-order valence-electron chi connectivity index (χ1n) is 4.65. The Morgan fingerprint density at radius 1 is 1.19 bits per heavy atom. The van der Waals surface area contributed by atoms with Crippen molar-refractivity contribution in [1.82, 2.24) is 0 Å². The van der Waals surface area contributed by atoms with Gasteiger partial charge in [0.1, 0.15) is 5.60 Å². The van der Waals surface area contributed by atoms with E-state index in [1.54, 1.807) is 20.8 Å². The number of azo groups is 1. The molecule has 90 valence electrons. The summed E-state index contributed by atoms with van der Waals surface area (Å²) in [5.74, 6) is -0.555. The highest BCUT2D eigenvalue weighted by Gasteiger charge is 2.15. The molecular formula is C10H16N2O4. The molecule has 0 aromatic carbocycles. The van der Waals surface area contributed by atoms with Crippen LogP contribution in [-0.2, 0) is 14.3 Å². The Bertz CT molecular complexity index is 326. The number of esters is 1. The van der Waals surface area contributed by atoms with Gasteiger partial charge in [-0.15, -0.1) is 5.11 Å². The zero-order valence-electron chi connectivity index (χ0n) is 10.1. The number of allylic oxidation sites excluding steroid dienone is 1. The van der Waals surface area contributed by atoms with Gasteiger partial charge in [0.05, 0.1) is 12.8 Å². The van der Waals surface area contributed by atoms with E-state index in [9.17, 15) is 9.59 Å². The van der Waals surface area contributed by atoms with E-state index in [0.29, 0.717) is 0 Å². The summed E-state index contributed by atoms with van der Waals surface area (Å²) < 4.78 is 9.25. The minimum Gasteiger partial charge on any atom is -0.466 e. The summed E-state index contributed by atoms with van der Waals surface area (Å²) in [5.41, 5.74) is -0.353. The molecule has 0 aromatic heterocycles. The van der Waals surface area contributed by atoms with E-state index in [1.165, 1.54) is 14.0 Å². The summed E-state index contributed by atoms with van der Waals surface area (Å²) in [6.07, 6.45) is 0.318. The van der Waals surface area contributed by atoms with Gasteiger partial charge in [0.2, 0.25) is 0 Å². The lowest BCUT2D eigenvalue weighted by Crippen LogP contribution is -2.21. The minimum atomic E-state index is -0.801. The summed E-state index contributed by atoms with van der Waals surface area (Å²) in [7, 11) is 1.25. The zero-order chi connectivity index (χ0) is 12.8. The highest BCUT2D eigenvalue weighted by molar-refractivity contribution is 5.82. The van der Waals surface area contributed by atoms with Crippen molar-refractivity contribution >= 4 is 12.1 Å². The summed E-state index contributed by atoms with van der Waals surface area (Å²) in [6, 6.07) is 0. The van der Waals surface area contributed by atoms with Crippen molar-refractivity contribution in [2.75, 3.05) is 7.11 Å². The van der Waals surface area contributed by atoms with E-state index in [1.807, 2.05) is 0 Å². The van der Waals surface area contributed by atoms with Crippen LogP contribution in [0.15, 0.2) is 22.0 Å². The highest BCUT2D eigenvalue weighted by atomic mass is 16.6. The molecule has 0 radical (unpaired) electrons. The molecule has 0 aromatic rings. The van der Waals surface area contributed by atoms with E-state index < -0.39 is 17.7 Å². The quantitative estimate of drug-likeness (QED) is 0.413. The fraction of sp³-hybridized carbons (Fsp3) is 0.600. The third-order valence-electron chi connectivity index (χ3n) is 1.21. The smallest absolute Gasteiger partial charge is 0.452 e. The Morgan fingerprint density at radius 3 is 2.19 bits per heavy atom. The monoisotopic (exact) mass is 228 g/mol. The van der Waals surface area contributed by atoms with Gasteiger partial charge in [0.25, 0.3) is 0 Å². The second kappa shape index (κ2) is 5.99. The second-order valence-corrected chi connectivity index (χ2v) is 3.99. The lowest BCUT2D eigenvalue weighted by atomic mass is 10.2. The predicted octanol–water partition coefficient (Wildman–Crippen LogP) is 2.45. The number of carbonyl (C=O) groups excluding carboxylic acids is 2. The van der Waals surface area contributed by atoms with Crippen LogP contribution in [0.2, 0.25) is 0 Å². The number of nitrogens with zero attached hydrogens (tertiary/aromatic N) is 2. The normalized spacial score (nSPS) is 12.7. The summed E-state index contributed by atoms with van der Waals surface area (Å²) >= 11 is 0. The van der Waals surface area contributed by atoms with Crippen molar-refractivity contribution in [3.63, 3.8) is 0 Å². The van der Waals surface area contributed by atoms with Gasteiger partial charge in [0, 0.05) is 6.08 Å². The molecule has 0 unspecified atom stereocenters. The first-order valence-corrected chi connectivity index (χ1v) is 4.65. The second-order valence-electron chi connectivity index (χ2n) is 3.99. The molecule has 16 heavy (non-hydrogen) atoms. The van der Waals surface area contributed by atoms with E-state index in [-0.39, 0.29) is 5.70 Å². The topological polar surface area (TPSA) is 77.3 Å². The van der Waals surface area contributed by atoms with Crippen LogP contribution in [-0.4, -0.2) is 24.8 Å². The molecule has 0 aliphatic carbocycles. The van der Waals surface area contributed by atoms with Gasteiger partial charge in [-0.3, -0.25) is 0 Å². The number of rotatable bonds is 2. The van der Waals surface area contributed by atoms with Gasteiger partial charge >= 0.3 is 12.1 Å². The van der Waals surface area contributed by atoms with Crippen LogP contribution in [0.5, 0.6) is 0 Å². The number of carbonyl (C=O) groups is 2. The van der Waals surface area contributed by atoms with Crippen molar-refractivity contribution in [3.8, 4) is 0 Å². The molecule has 6 heteroatoms. The largest absolute Gasteiger partial charge is 0.466 e. The van der Waals surface area contributed by atoms with Crippen LogP contribution in [0.4, 0.5) is 4.79 Å². The molecule has 0 atom stereocenters. The number of amides is 1. The maximum atomic E-state index is 11.1. The van der Waals surface area contributed by atoms with E-state index in [4.69, 9.17) is 4.74 Å². The van der Waals surface area contributed by atoms with E-state index in [2.05, 4.69) is 15.0 Å². The maximum absolute atomic E-state index is 11.1. The van der Waals surface area contributed by atoms with Gasteiger partial charge in [-0.2, -0.15) is 0 Å². The standard InChI is InChI=1S/C10H16N2O4/c1-7(6-8(13)15-5)11-12-9(14)16-10(2,3)4/h6H,1-5H3. The number of methoxy groups -OCH3 is 1. The average Bonchev–Trinajstić information content (AvgIpc) is 2.12. The first kappa shape index (κ1) is 14.3. The van der Waals surface area contributed by atoms with Crippen LogP contribution in [0, 0.1) is 0 Å². The van der Waals surface area contributed by atoms with Crippen molar-refractivity contribution in [1.29, 1.82) is 0 Å². The van der Waals surface area contributed by atoms with Gasteiger partial charge in [-0.1, -0.05) is 5.11 Å². The Kier molecular flexibility index (Phi) is 5.35. The Hall–Kier alpha value is -1.72. The molecule has 0 aliphatic heterocycles. The van der Waals surface area contributed by atoms with Crippen LogP contribution < -0.4 is 0 Å². The maximum Gasteiger partial charge on any atom is 0.452 e. The molecule has 0 heterocycles. The highest BCUT2D eigenvalue weighted by Crippen LogP contribution is 2.08. The van der Waals surface area contributed by atoms with Crippen LogP contribution in [0.1, 0.15) is 27.7 Å². The van der Waals surface area contributed by atoms with Crippen molar-refractivity contribution in [2.24, 2.45) is 10.2 Å². The zero-order valence-corrected chi connectivity index (χ0v) is 10.1. The van der Waals surface area contributed by atoms with Crippen LogP contribution in [0.25, 0.3) is 0 Å². The first-order chi connectivity index (χ1) is 7.24. The Labute approximate surface area is 94.3 Å². The van der Waals surface area contributed by atoms with Gasteiger partial charge in [-0.05, 0) is 27.7 Å². The molecule has 1 amide bonds. The van der Waals surface area contributed by atoms with Crippen molar-refractivity contribution in [2.45, 2.75) is 33.3 Å². The van der Waals surface area contributed by atoms with Gasteiger partial charge < -0.3 is 9.47 Å². The number of ether oxygens (including phenoxy) is 2. The third kappa shape index (κ3) is 7.66. The lowest BCUT2D eigenvalue weighted by molar-refractivity contribution is -0.134. The summed E-state index contributed by atoms with van der Waals surface area (Å²) in [5, 5.41) is 6.79. The lowest BCUT2D eigenvalue weighted by Gasteiger charge is -2.16. The molecule has 0 fully saturated rings. The van der Waals surface area contributed by atoms with Gasteiger partial charge in [-0.25, -0.2) is 9.59 Å². The molecule has 0 saturated heterocycles. The third-order valence-corrected chi connectivity index (χ3v) is 1.21. The number of hydrogen-bond donors (Lipinski definition) is 0. The molecule has 0 aliphatic rings. The molecular weight excluding hydrogens is 212 g/mol.